The van der Waals surface area contributed by atoms with E-state index in [0.29, 0.717) is 0 Å². The number of rotatable bonds is 1. The summed E-state index contributed by atoms with van der Waals surface area (Å²) < 4.78 is 1.66. The molecule has 2 nitrogen and oxygen atoms in total. The van der Waals surface area contributed by atoms with Gasteiger partial charge in [0.1, 0.15) is 0 Å². The molecule has 1 heterocycles. The van der Waals surface area contributed by atoms with E-state index in [1.807, 2.05) is 31.2 Å². The zero-order valence-electron chi connectivity index (χ0n) is 7.57. The van der Waals surface area contributed by atoms with E-state index >= 15 is 0 Å². The Balaban J connectivity index is 2.53. The zero-order valence-corrected chi connectivity index (χ0v) is 7.57. The van der Waals surface area contributed by atoms with Crippen molar-refractivity contribution >= 4 is 0 Å². The second kappa shape index (κ2) is 3.05. The molecule has 1 aromatic carbocycles. The Kier molecular flexibility index (Phi) is 1.89. The van der Waals surface area contributed by atoms with Crippen molar-refractivity contribution < 1.29 is 0 Å². The van der Waals surface area contributed by atoms with Crippen molar-refractivity contribution in [1.29, 1.82) is 0 Å². The Morgan fingerprint density at radius 1 is 1.23 bits per heavy atom. The molecule has 0 amide bonds. The Bertz CT molecular complexity index is 401. The first-order chi connectivity index (χ1) is 6.27. The van der Waals surface area contributed by atoms with Gasteiger partial charge >= 0.3 is 0 Å². The van der Waals surface area contributed by atoms with Crippen LogP contribution in [0.3, 0.4) is 0 Å². The first-order valence-electron chi connectivity index (χ1n) is 4.20. The smallest absolute Gasteiger partial charge is 0.0685 e. The minimum atomic E-state index is 0.994. The minimum absolute atomic E-state index is 0.994. The summed E-state index contributed by atoms with van der Waals surface area (Å²) in [6, 6.07) is 12.2. The molecule has 0 spiro atoms. The van der Waals surface area contributed by atoms with Crippen molar-refractivity contribution in [3.63, 3.8) is 0 Å². The molecule has 0 unspecified atom stereocenters. The van der Waals surface area contributed by atoms with Crippen molar-refractivity contribution in [3.8, 4) is 11.3 Å². The fraction of sp³-hybridized carbons (Fsp3) is 0.0909. The van der Waals surface area contributed by atoms with Crippen LogP contribution in [0.4, 0.5) is 0 Å². The summed E-state index contributed by atoms with van der Waals surface area (Å²) in [5.41, 5.74) is 3.20. The first kappa shape index (κ1) is 8.05. The van der Waals surface area contributed by atoms with Crippen LogP contribution >= 0.6 is 0 Å². The molecule has 0 fully saturated rings. The molecule has 0 aliphatic rings. The fourth-order valence-electron chi connectivity index (χ4n) is 1.39. The first-order valence-corrected chi connectivity index (χ1v) is 4.20. The Morgan fingerprint density at radius 2 is 1.92 bits per heavy atom. The van der Waals surface area contributed by atoms with Gasteiger partial charge in [-0.1, -0.05) is 30.3 Å². The largest absolute Gasteiger partial charge is 0.263 e. The molecule has 2 heteroatoms. The van der Waals surface area contributed by atoms with Crippen molar-refractivity contribution in [3.05, 3.63) is 49.1 Å². The maximum Gasteiger partial charge on any atom is 0.0685 e. The average Bonchev–Trinajstić information content (AvgIpc) is 2.47. The number of aryl methyl sites for hydroxylation is 1. The van der Waals surface area contributed by atoms with Crippen LogP contribution in [0, 0.1) is 14.0 Å². The molecule has 0 aliphatic heterocycles. The van der Waals surface area contributed by atoms with Gasteiger partial charge in [-0.25, -0.2) is 0 Å². The molecule has 0 aliphatic carbocycles. The number of benzene rings is 1. The summed E-state index contributed by atoms with van der Waals surface area (Å²) in [5.74, 6) is 0. The summed E-state index contributed by atoms with van der Waals surface area (Å²) in [6.45, 7) is 1.97. The van der Waals surface area contributed by atoms with Gasteiger partial charge in [-0.2, -0.15) is 5.10 Å². The fourth-order valence-corrected chi connectivity index (χ4v) is 1.39. The predicted octanol–water partition coefficient (Wildman–Crippen LogP) is 2.50. The molecule has 0 saturated carbocycles. The van der Waals surface area contributed by atoms with Crippen molar-refractivity contribution in [2.45, 2.75) is 6.92 Å². The highest BCUT2D eigenvalue weighted by Gasteiger charge is 2.02. The molecule has 13 heavy (non-hydrogen) atoms. The zero-order chi connectivity index (χ0) is 9.26. The monoisotopic (exact) mass is 171 g/mol. The number of hydrogen-bond acceptors (Lipinski definition) is 1. The summed E-state index contributed by atoms with van der Waals surface area (Å²) in [7, 11) is 3.82. The molecule has 1 radical (unpaired) electrons. The Morgan fingerprint density at radius 3 is 2.46 bits per heavy atom. The van der Waals surface area contributed by atoms with Gasteiger partial charge in [0.25, 0.3) is 0 Å². The molecule has 65 valence electrons. The molecule has 1 aromatic heterocycles. The van der Waals surface area contributed by atoms with Crippen molar-refractivity contribution in [2.75, 3.05) is 0 Å². The van der Waals surface area contributed by atoms with Crippen LogP contribution in [0.25, 0.3) is 11.3 Å². The summed E-state index contributed by atoms with van der Waals surface area (Å²) in [5, 5.41) is 4.19. The highest BCUT2D eigenvalue weighted by Crippen LogP contribution is 2.18. The lowest BCUT2D eigenvalue weighted by Crippen LogP contribution is -1.90. The lowest BCUT2D eigenvalue weighted by Gasteiger charge is -1.99. The molecule has 0 atom stereocenters. The second-order valence-electron chi connectivity index (χ2n) is 3.04. The number of hydrogen-bond donors (Lipinski definition) is 0. The SMILES string of the molecule is [CH2]n1nc(C)cc1-c1ccccc1. The van der Waals surface area contributed by atoms with Crippen LogP contribution in [-0.4, -0.2) is 9.78 Å². The van der Waals surface area contributed by atoms with E-state index < -0.39 is 0 Å². The van der Waals surface area contributed by atoms with E-state index in [9.17, 15) is 0 Å². The van der Waals surface area contributed by atoms with Crippen LogP contribution in [0.1, 0.15) is 5.69 Å². The average molecular weight is 171 g/mol. The van der Waals surface area contributed by atoms with Gasteiger partial charge in [0.2, 0.25) is 0 Å². The van der Waals surface area contributed by atoms with E-state index in [1.165, 1.54) is 0 Å². The summed E-state index contributed by atoms with van der Waals surface area (Å²) >= 11 is 0. The van der Waals surface area contributed by atoms with E-state index in [2.05, 4.69) is 24.3 Å². The minimum Gasteiger partial charge on any atom is -0.263 e. The van der Waals surface area contributed by atoms with Crippen LogP contribution in [0.5, 0.6) is 0 Å². The third-order valence-electron chi connectivity index (χ3n) is 1.97. The number of nitrogens with zero attached hydrogens (tertiary/aromatic N) is 2. The molecule has 0 N–H and O–H groups in total. The van der Waals surface area contributed by atoms with E-state index in [4.69, 9.17) is 0 Å². The highest BCUT2D eigenvalue weighted by molar-refractivity contribution is 5.59. The van der Waals surface area contributed by atoms with Gasteiger partial charge in [-0.15, -0.1) is 0 Å². The lowest BCUT2D eigenvalue weighted by molar-refractivity contribution is 0.866. The van der Waals surface area contributed by atoms with Gasteiger partial charge in [-0.05, 0) is 18.6 Å². The van der Waals surface area contributed by atoms with Gasteiger partial charge in [0.15, 0.2) is 0 Å². The molecule has 0 saturated heterocycles. The molecule has 0 bridgehead atoms. The molecular weight excluding hydrogens is 160 g/mol. The van der Waals surface area contributed by atoms with Crippen LogP contribution in [-0.2, 0) is 0 Å². The van der Waals surface area contributed by atoms with Gasteiger partial charge in [-0.3, -0.25) is 4.68 Å². The van der Waals surface area contributed by atoms with Gasteiger partial charge in [0, 0.05) is 0 Å². The van der Waals surface area contributed by atoms with Crippen LogP contribution in [0.2, 0.25) is 0 Å². The standard InChI is InChI=1S/C11H11N2/c1-9-8-11(13(2)12-9)10-6-4-3-5-7-10/h3-8H,2H2,1H3. The molecule has 2 aromatic rings. The number of aromatic nitrogens is 2. The van der Waals surface area contributed by atoms with Crippen LogP contribution in [0.15, 0.2) is 36.4 Å². The van der Waals surface area contributed by atoms with E-state index in [0.717, 1.165) is 17.0 Å². The quantitative estimate of drug-likeness (QED) is 0.644. The summed E-state index contributed by atoms with van der Waals surface area (Å²) in [4.78, 5) is 0. The van der Waals surface area contributed by atoms with Crippen molar-refractivity contribution in [2.24, 2.45) is 0 Å². The third kappa shape index (κ3) is 1.47. The Labute approximate surface area is 77.8 Å². The maximum absolute atomic E-state index is 4.19. The maximum atomic E-state index is 4.19. The third-order valence-corrected chi connectivity index (χ3v) is 1.97. The Hall–Kier alpha value is -1.57. The van der Waals surface area contributed by atoms with E-state index in [-0.39, 0.29) is 0 Å². The van der Waals surface area contributed by atoms with Crippen LogP contribution < -0.4 is 0 Å². The summed E-state index contributed by atoms with van der Waals surface area (Å²) in [6.07, 6.45) is 0. The van der Waals surface area contributed by atoms with Gasteiger partial charge < -0.3 is 0 Å². The van der Waals surface area contributed by atoms with Gasteiger partial charge in [0.05, 0.1) is 18.4 Å². The highest BCUT2D eigenvalue weighted by atomic mass is 15.3. The topological polar surface area (TPSA) is 17.8 Å². The molecule has 2 rings (SSSR count). The predicted molar refractivity (Wildman–Crippen MR) is 53.2 cm³/mol. The second-order valence-corrected chi connectivity index (χ2v) is 3.04. The normalized spacial score (nSPS) is 10.3. The molecular formula is C11H11N2. The lowest BCUT2D eigenvalue weighted by atomic mass is 10.1. The van der Waals surface area contributed by atoms with E-state index in [1.54, 1.807) is 4.68 Å². The van der Waals surface area contributed by atoms with Crippen molar-refractivity contribution in [1.82, 2.24) is 9.78 Å².